The molecule has 1 aliphatic rings. The van der Waals surface area contributed by atoms with Gasteiger partial charge in [0.05, 0.1) is 11.4 Å². The number of fused-ring (bicyclic) bond motifs is 1. The number of aromatic amines is 1. The molecule has 3 aromatic rings. The molecule has 0 aliphatic carbocycles. The summed E-state index contributed by atoms with van der Waals surface area (Å²) in [5, 5.41) is 3.83. The van der Waals surface area contributed by atoms with E-state index in [2.05, 4.69) is 28.4 Å². The third kappa shape index (κ3) is 3.16. The second-order valence-corrected chi connectivity index (χ2v) is 6.15. The first-order chi connectivity index (χ1) is 12.6. The van der Waals surface area contributed by atoms with Crippen molar-refractivity contribution in [2.24, 2.45) is 0 Å². The van der Waals surface area contributed by atoms with Crippen molar-refractivity contribution in [2.45, 2.75) is 19.3 Å². The van der Waals surface area contributed by atoms with Gasteiger partial charge >= 0.3 is 0 Å². The molecule has 1 amide bonds. The highest BCUT2D eigenvalue weighted by Crippen LogP contribution is 2.25. The number of aryl methyl sites for hydroxylation is 1. The molecule has 2 aromatic heterocycles. The zero-order chi connectivity index (χ0) is 18.7. The Morgan fingerprint density at radius 1 is 1.15 bits per heavy atom. The largest absolute Gasteiger partial charge is 0.356 e. The Bertz CT molecular complexity index is 1020. The molecule has 3 heterocycles. The number of benzene rings is 1. The minimum Gasteiger partial charge on any atom is -0.356 e. The van der Waals surface area contributed by atoms with Crippen molar-refractivity contribution < 1.29 is 4.79 Å². The second kappa shape index (κ2) is 7.35. The topological polar surface area (TPSA) is 74.8 Å². The van der Waals surface area contributed by atoms with Crippen molar-refractivity contribution in [3.8, 4) is 11.3 Å². The molecular formula is C21H21N3O2. The molecule has 0 saturated carbocycles. The third-order valence-corrected chi connectivity index (χ3v) is 4.62. The molecular weight excluding hydrogens is 326 g/mol. The predicted octanol–water partition coefficient (Wildman–Crippen LogP) is 3.30. The van der Waals surface area contributed by atoms with E-state index in [1.54, 1.807) is 12.3 Å². The molecule has 1 atom stereocenters. The van der Waals surface area contributed by atoms with Crippen LogP contribution in [0.1, 0.15) is 23.5 Å². The van der Waals surface area contributed by atoms with Gasteiger partial charge in [-0.1, -0.05) is 18.2 Å². The molecule has 4 rings (SSSR count). The molecule has 5 heteroatoms. The lowest BCUT2D eigenvalue weighted by atomic mass is 9.98. The van der Waals surface area contributed by atoms with Gasteiger partial charge in [0.1, 0.15) is 0 Å². The van der Waals surface area contributed by atoms with Crippen LogP contribution in [0.4, 0.5) is 0 Å². The summed E-state index contributed by atoms with van der Waals surface area (Å²) in [5.41, 5.74) is 3.96. The minimum absolute atomic E-state index is 0.0729. The summed E-state index contributed by atoms with van der Waals surface area (Å²) in [7, 11) is 0. The number of aromatic nitrogens is 2. The molecule has 2 N–H and O–H groups in total. The fraction of sp³-hybridized carbons (Fsp3) is 0.190. The summed E-state index contributed by atoms with van der Waals surface area (Å²) in [4.78, 5) is 31.6. The number of hydrogen-bond donors (Lipinski definition) is 2. The number of nitrogens with zero attached hydrogens (tertiary/aromatic N) is 1. The van der Waals surface area contributed by atoms with E-state index in [4.69, 9.17) is 0 Å². The fourth-order valence-corrected chi connectivity index (χ4v) is 3.26. The maximum absolute atomic E-state index is 12.4. The standard InChI is InChI=1S/C19H17N3O2.C2H4/c1-11-3-2-4-17-15(11)9-12(10-21-17)16-6-5-13(19(24)22-16)14-7-8-20-18(14)23;1-2/h2-6,9-10,14H,7-8H2,1H3,(H,20,23)(H,22,24);1-2H2. The highest BCUT2D eigenvalue weighted by molar-refractivity contribution is 5.86. The molecule has 0 bridgehead atoms. The minimum atomic E-state index is -0.347. The van der Waals surface area contributed by atoms with Gasteiger partial charge in [-0.3, -0.25) is 14.6 Å². The van der Waals surface area contributed by atoms with E-state index in [9.17, 15) is 9.59 Å². The number of rotatable bonds is 2. The first-order valence-corrected chi connectivity index (χ1v) is 8.50. The fourth-order valence-electron chi connectivity index (χ4n) is 3.26. The second-order valence-electron chi connectivity index (χ2n) is 6.15. The monoisotopic (exact) mass is 347 g/mol. The van der Waals surface area contributed by atoms with Crippen LogP contribution < -0.4 is 10.9 Å². The van der Waals surface area contributed by atoms with Gasteiger partial charge in [0.25, 0.3) is 5.56 Å². The Balaban J connectivity index is 0.000000948. The molecule has 1 unspecified atom stereocenters. The van der Waals surface area contributed by atoms with Gasteiger partial charge in [0, 0.05) is 34.9 Å². The van der Waals surface area contributed by atoms with Crippen molar-refractivity contribution >= 4 is 16.8 Å². The lowest BCUT2D eigenvalue weighted by molar-refractivity contribution is -0.120. The number of pyridine rings is 2. The smallest absolute Gasteiger partial charge is 0.252 e. The van der Waals surface area contributed by atoms with E-state index in [-0.39, 0.29) is 17.4 Å². The summed E-state index contributed by atoms with van der Waals surface area (Å²) < 4.78 is 0. The van der Waals surface area contributed by atoms with Crippen LogP contribution in [0.5, 0.6) is 0 Å². The molecule has 5 nitrogen and oxygen atoms in total. The Morgan fingerprint density at radius 2 is 1.96 bits per heavy atom. The van der Waals surface area contributed by atoms with Gasteiger partial charge in [-0.15, -0.1) is 13.2 Å². The van der Waals surface area contributed by atoms with Crippen molar-refractivity contribution in [1.29, 1.82) is 0 Å². The Labute approximate surface area is 151 Å². The number of hydrogen-bond acceptors (Lipinski definition) is 3. The van der Waals surface area contributed by atoms with Gasteiger partial charge in [-0.2, -0.15) is 0 Å². The number of carbonyl (C=O) groups is 1. The van der Waals surface area contributed by atoms with E-state index in [0.29, 0.717) is 24.2 Å². The van der Waals surface area contributed by atoms with E-state index in [1.807, 2.05) is 37.3 Å². The number of H-pyrrole nitrogens is 1. The number of nitrogens with one attached hydrogen (secondary N) is 2. The lowest BCUT2D eigenvalue weighted by Gasteiger charge is -2.09. The maximum atomic E-state index is 12.4. The van der Waals surface area contributed by atoms with E-state index in [0.717, 1.165) is 22.0 Å². The Hall–Kier alpha value is -3.21. The van der Waals surface area contributed by atoms with Crippen LogP contribution in [0.25, 0.3) is 22.2 Å². The molecule has 0 radical (unpaired) electrons. The van der Waals surface area contributed by atoms with E-state index >= 15 is 0 Å². The maximum Gasteiger partial charge on any atom is 0.252 e. The van der Waals surface area contributed by atoms with Crippen molar-refractivity contribution in [1.82, 2.24) is 15.3 Å². The molecule has 132 valence electrons. The number of amides is 1. The molecule has 1 aromatic carbocycles. The zero-order valence-electron chi connectivity index (χ0n) is 14.7. The molecule has 0 spiro atoms. The van der Waals surface area contributed by atoms with Gasteiger partial charge in [-0.25, -0.2) is 0 Å². The highest BCUT2D eigenvalue weighted by atomic mass is 16.2. The van der Waals surface area contributed by atoms with Crippen LogP contribution >= 0.6 is 0 Å². The lowest BCUT2D eigenvalue weighted by Crippen LogP contribution is -2.23. The summed E-state index contributed by atoms with van der Waals surface area (Å²) in [6.07, 6.45) is 2.42. The van der Waals surface area contributed by atoms with E-state index < -0.39 is 0 Å². The summed E-state index contributed by atoms with van der Waals surface area (Å²) in [6, 6.07) is 11.6. The first kappa shape index (κ1) is 17.6. The van der Waals surface area contributed by atoms with E-state index in [1.165, 1.54) is 0 Å². The molecule has 1 saturated heterocycles. The van der Waals surface area contributed by atoms with Gasteiger partial charge < -0.3 is 10.3 Å². The van der Waals surface area contributed by atoms with Crippen LogP contribution in [0, 0.1) is 6.92 Å². The number of carbonyl (C=O) groups excluding carboxylic acids is 1. The molecule has 1 fully saturated rings. The van der Waals surface area contributed by atoms with Crippen molar-refractivity contribution in [3.05, 3.63) is 77.2 Å². The van der Waals surface area contributed by atoms with Crippen LogP contribution in [0.15, 0.2) is 60.5 Å². The quantitative estimate of drug-likeness (QED) is 0.699. The van der Waals surface area contributed by atoms with Crippen molar-refractivity contribution in [3.63, 3.8) is 0 Å². The van der Waals surface area contributed by atoms with Crippen LogP contribution in [0.2, 0.25) is 0 Å². The normalized spacial score (nSPS) is 16.0. The molecule has 26 heavy (non-hydrogen) atoms. The van der Waals surface area contributed by atoms with Crippen LogP contribution in [-0.2, 0) is 4.79 Å². The molecule has 1 aliphatic heterocycles. The van der Waals surface area contributed by atoms with Crippen LogP contribution in [-0.4, -0.2) is 22.4 Å². The SMILES string of the molecule is C=C.Cc1cccc2ncc(-c3ccc(C4CCNC4=O)c(=O)[nH]3)cc12. The summed E-state index contributed by atoms with van der Waals surface area (Å²) >= 11 is 0. The summed E-state index contributed by atoms with van der Waals surface area (Å²) in [6.45, 7) is 8.66. The van der Waals surface area contributed by atoms with Gasteiger partial charge in [0.15, 0.2) is 0 Å². The van der Waals surface area contributed by atoms with Gasteiger partial charge in [0.2, 0.25) is 5.91 Å². The van der Waals surface area contributed by atoms with Crippen LogP contribution in [0.3, 0.4) is 0 Å². The average molecular weight is 347 g/mol. The Kier molecular flexibility index (Phi) is 4.98. The highest BCUT2D eigenvalue weighted by Gasteiger charge is 2.27. The average Bonchev–Trinajstić information content (AvgIpc) is 3.09. The van der Waals surface area contributed by atoms with Gasteiger partial charge in [-0.05, 0) is 37.1 Å². The van der Waals surface area contributed by atoms with Crippen molar-refractivity contribution in [2.75, 3.05) is 6.54 Å². The third-order valence-electron chi connectivity index (χ3n) is 4.62. The Morgan fingerprint density at radius 3 is 2.65 bits per heavy atom. The predicted molar refractivity (Wildman–Crippen MR) is 104 cm³/mol. The first-order valence-electron chi connectivity index (χ1n) is 8.50. The summed E-state index contributed by atoms with van der Waals surface area (Å²) in [5.74, 6) is -0.420. The zero-order valence-corrected chi connectivity index (χ0v) is 14.7.